The fraction of sp³-hybridized carbons (Fsp3) is 0.208. The van der Waals surface area contributed by atoms with Gasteiger partial charge in [0.15, 0.2) is 0 Å². The Labute approximate surface area is 195 Å². The molecular weight excluding hydrogens is 436 g/mol. The largest absolute Gasteiger partial charge is 0.366 e. The number of hydrogen-bond acceptors (Lipinski definition) is 6. The Morgan fingerprint density at radius 3 is 2.70 bits per heavy atom. The van der Waals surface area contributed by atoms with Gasteiger partial charge in [0.2, 0.25) is 11.1 Å². The lowest BCUT2D eigenvalue weighted by atomic mass is 10.1. The van der Waals surface area contributed by atoms with E-state index in [-0.39, 0.29) is 5.91 Å². The highest BCUT2D eigenvalue weighted by Gasteiger charge is 2.13. The van der Waals surface area contributed by atoms with E-state index in [2.05, 4.69) is 20.4 Å². The van der Waals surface area contributed by atoms with E-state index in [1.54, 1.807) is 22.7 Å². The molecule has 0 aliphatic heterocycles. The first-order valence-electron chi connectivity index (χ1n) is 10.5. The molecule has 0 radical (unpaired) electrons. The highest BCUT2D eigenvalue weighted by molar-refractivity contribution is 7.98. The zero-order valence-electron chi connectivity index (χ0n) is 18.4. The van der Waals surface area contributed by atoms with Crippen molar-refractivity contribution < 1.29 is 9.59 Å². The molecule has 2 amide bonds. The first kappa shape index (κ1) is 22.5. The first-order valence-corrected chi connectivity index (χ1v) is 11.5. The molecule has 0 aliphatic rings. The number of benzene rings is 2. The summed E-state index contributed by atoms with van der Waals surface area (Å²) in [6, 6.07) is 16.6. The van der Waals surface area contributed by atoms with Gasteiger partial charge < -0.3 is 11.1 Å². The number of amides is 2. The number of carbonyl (C=O) groups excluding carboxylic acids is 2. The molecule has 2 aromatic heterocycles. The smallest absolute Gasteiger partial charge is 0.253 e. The number of nitrogens with one attached hydrogen (secondary N) is 1. The monoisotopic (exact) mass is 460 g/mol. The van der Waals surface area contributed by atoms with Crippen molar-refractivity contribution in [1.82, 2.24) is 24.9 Å². The van der Waals surface area contributed by atoms with Crippen LogP contribution in [0.4, 0.5) is 0 Å². The molecule has 168 valence electrons. The zero-order valence-corrected chi connectivity index (χ0v) is 19.2. The van der Waals surface area contributed by atoms with Gasteiger partial charge in [0.1, 0.15) is 0 Å². The summed E-state index contributed by atoms with van der Waals surface area (Å²) < 4.78 is 1.72. The van der Waals surface area contributed by atoms with Crippen molar-refractivity contribution in [2.24, 2.45) is 5.73 Å². The zero-order chi connectivity index (χ0) is 23.4. The van der Waals surface area contributed by atoms with E-state index >= 15 is 0 Å². The molecule has 4 rings (SSSR count). The molecule has 0 saturated carbocycles. The van der Waals surface area contributed by atoms with Crippen molar-refractivity contribution in [3.63, 3.8) is 0 Å². The number of aryl methyl sites for hydroxylation is 2. The molecule has 0 saturated heterocycles. The lowest BCUT2D eigenvalue weighted by molar-refractivity contribution is 0.0951. The van der Waals surface area contributed by atoms with Crippen molar-refractivity contribution in [3.05, 3.63) is 88.2 Å². The third kappa shape index (κ3) is 5.38. The molecule has 0 spiro atoms. The molecule has 2 heterocycles. The van der Waals surface area contributed by atoms with Crippen LogP contribution in [0.1, 0.15) is 43.2 Å². The molecule has 0 fully saturated rings. The second kappa shape index (κ2) is 9.83. The number of nitrogens with two attached hydrogens (primary N) is 1. The number of fused-ring (bicyclic) bond motifs is 1. The van der Waals surface area contributed by atoms with E-state index in [9.17, 15) is 9.59 Å². The van der Waals surface area contributed by atoms with Crippen molar-refractivity contribution in [2.45, 2.75) is 31.2 Å². The standard InChI is InChI=1S/C24H24N6O2S/c1-15-12-16(2)30-23(27-15)28-24(29-30)33-14-19-7-3-4-9-20(19)22(32)26-11-10-17-6-5-8-18(13-17)21(25)31/h3-9,12-13H,10-11,14H2,1-2H3,(H2,25,31)(H,26,32). The molecule has 0 aliphatic carbocycles. The van der Waals surface area contributed by atoms with Gasteiger partial charge in [-0.25, -0.2) is 9.50 Å². The Balaban J connectivity index is 1.40. The second-order valence-corrected chi connectivity index (χ2v) is 8.60. The maximum absolute atomic E-state index is 12.8. The predicted octanol–water partition coefficient (Wildman–Crippen LogP) is 3.10. The average Bonchev–Trinajstić information content (AvgIpc) is 3.21. The van der Waals surface area contributed by atoms with Crippen molar-refractivity contribution >= 4 is 29.4 Å². The van der Waals surface area contributed by atoms with E-state index in [1.165, 1.54) is 11.8 Å². The number of rotatable bonds is 8. The molecule has 3 N–H and O–H groups in total. The Hall–Kier alpha value is -3.72. The Morgan fingerprint density at radius 2 is 1.88 bits per heavy atom. The molecule has 0 unspecified atom stereocenters. The van der Waals surface area contributed by atoms with Gasteiger partial charge in [0, 0.05) is 34.8 Å². The molecular formula is C24H24N6O2S. The summed E-state index contributed by atoms with van der Waals surface area (Å²) in [4.78, 5) is 33.1. The van der Waals surface area contributed by atoms with E-state index in [4.69, 9.17) is 5.73 Å². The maximum Gasteiger partial charge on any atom is 0.253 e. The third-order valence-electron chi connectivity index (χ3n) is 5.13. The number of nitrogens with zero attached hydrogens (tertiary/aromatic N) is 4. The molecule has 0 bridgehead atoms. The fourth-order valence-electron chi connectivity index (χ4n) is 3.51. The van der Waals surface area contributed by atoms with Gasteiger partial charge in [0.25, 0.3) is 11.7 Å². The Kier molecular flexibility index (Phi) is 6.69. The molecule has 9 heteroatoms. The maximum atomic E-state index is 12.8. The van der Waals surface area contributed by atoms with Crippen LogP contribution < -0.4 is 11.1 Å². The summed E-state index contributed by atoms with van der Waals surface area (Å²) in [7, 11) is 0. The van der Waals surface area contributed by atoms with Gasteiger partial charge in [-0.3, -0.25) is 9.59 Å². The van der Waals surface area contributed by atoms with Crippen LogP contribution in [-0.4, -0.2) is 37.9 Å². The number of thioether (sulfide) groups is 1. The third-order valence-corrected chi connectivity index (χ3v) is 6.01. The van der Waals surface area contributed by atoms with Gasteiger partial charge in [-0.05, 0) is 55.7 Å². The van der Waals surface area contributed by atoms with Crippen molar-refractivity contribution in [1.29, 1.82) is 0 Å². The van der Waals surface area contributed by atoms with Crippen LogP contribution in [0.2, 0.25) is 0 Å². The van der Waals surface area contributed by atoms with Crippen LogP contribution in [0.15, 0.2) is 59.8 Å². The van der Waals surface area contributed by atoms with E-state index in [0.717, 1.165) is 22.5 Å². The molecule has 33 heavy (non-hydrogen) atoms. The minimum Gasteiger partial charge on any atom is -0.366 e. The van der Waals surface area contributed by atoms with Crippen molar-refractivity contribution in [3.8, 4) is 0 Å². The van der Waals surface area contributed by atoms with Crippen LogP contribution in [0.25, 0.3) is 5.78 Å². The molecule has 4 aromatic rings. The topological polar surface area (TPSA) is 115 Å². The van der Waals surface area contributed by atoms with Gasteiger partial charge in [-0.2, -0.15) is 4.98 Å². The number of primary amides is 1. The van der Waals surface area contributed by atoms with E-state index in [1.807, 2.05) is 50.2 Å². The molecule has 2 aromatic carbocycles. The average molecular weight is 461 g/mol. The van der Waals surface area contributed by atoms with Crippen molar-refractivity contribution in [2.75, 3.05) is 6.54 Å². The summed E-state index contributed by atoms with van der Waals surface area (Å²) in [5.74, 6) is 0.516. The lowest BCUT2D eigenvalue weighted by Crippen LogP contribution is -2.26. The highest BCUT2D eigenvalue weighted by Crippen LogP contribution is 2.23. The van der Waals surface area contributed by atoms with Gasteiger partial charge >= 0.3 is 0 Å². The summed E-state index contributed by atoms with van der Waals surface area (Å²) in [5.41, 5.74) is 10.1. The fourth-order valence-corrected chi connectivity index (χ4v) is 4.34. The molecule has 0 atom stereocenters. The quantitative estimate of drug-likeness (QED) is 0.391. The van der Waals surface area contributed by atoms with Crippen LogP contribution in [-0.2, 0) is 12.2 Å². The number of hydrogen-bond donors (Lipinski definition) is 2. The van der Waals surface area contributed by atoms with Gasteiger partial charge in [-0.15, -0.1) is 5.10 Å². The SMILES string of the molecule is Cc1cc(C)n2nc(SCc3ccccc3C(=O)NCCc3cccc(C(N)=O)c3)nc2n1. The Bertz CT molecular complexity index is 1330. The van der Waals surface area contributed by atoms with E-state index in [0.29, 0.717) is 40.8 Å². The summed E-state index contributed by atoms with van der Waals surface area (Å²) >= 11 is 1.46. The molecule has 8 nitrogen and oxygen atoms in total. The highest BCUT2D eigenvalue weighted by atomic mass is 32.2. The minimum atomic E-state index is -0.464. The van der Waals surface area contributed by atoms with Crippen LogP contribution >= 0.6 is 11.8 Å². The summed E-state index contributed by atoms with van der Waals surface area (Å²) in [5, 5.41) is 8.09. The number of aromatic nitrogens is 4. The lowest BCUT2D eigenvalue weighted by Gasteiger charge is -2.10. The van der Waals surface area contributed by atoms with E-state index < -0.39 is 5.91 Å². The Morgan fingerprint density at radius 1 is 1.06 bits per heavy atom. The number of carbonyl (C=O) groups is 2. The van der Waals surface area contributed by atoms with Gasteiger partial charge in [-0.1, -0.05) is 42.1 Å². The normalized spacial score (nSPS) is 11.0. The summed E-state index contributed by atoms with van der Waals surface area (Å²) in [6.45, 7) is 4.34. The van der Waals surface area contributed by atoms with Crippen LogP contribution in [0.5, 0.6) is 0 Å². The minimum absolute atomic E-state index is 0.145. The summed E-state index contributed by atoms with van der Waals surface area (Å²) in [6.07, 6.45) is 0.598. The second-order valence-electron chi connectivity index (χ2n) is 7.66. The van der Waals surface area contributed by atoms with Crippen LogP contribution in [0, 0.1) is 13.8 Å². The van der Waals surface area contributed by atoms with Crippen LogP contribution in [0.3, 0.4) is 0 Å². The predicted molar refractivity (Wildman–Crippen MR) is 127 cm³/mol. The van der Waals surface area contributed by atoms with Gasteiger partial charge in [0.05, 0.1) is 0 Å². The first-order chi connectivity index (χ1) is 15.9.